The lowest BCUT2D eigenvalue weighted by molar-refractivity contribution is -0.116. The Labute approximate surface area is 243 Å². The first-order chi connectivity index (χ1) is 18.7. The number of carbonyl (C=O) groups excluding carboxylic acids is 1. The third-order valence-electron chi connectivity index (χ3n) is 7.28. The monoisotopic (exact) mass is 577 g/mol. The highest BCUT2D eigenvalue weighted by Crippen LogP contribution is 2.48. The fourth-order valence-electron chi connectivity index (χ4n) is 5.44. The molecule has 5 rings (SSSR count). The highest BCUT2D eigenvalue weighted by atomic mass is 35.5. The van der Waals surface area contributed by atoms with E-state index in [-0.39, 0.29) is 11.6 Å². The Hall–Kier alpha value is -3.43. The molecule has 1 aliphatic carbocycles. The van der Waals surface area contributed by atoms with E-state index in [4.69, 9.17) is 45.3 Å². The van der Waals surface area contributed by atoms with E-state index < -0.39 is 5.92 Å². The summed E-state index contributed by atoms with van der Waals surface area (Å²) in [7, 11) is 0. The summed E-state index contributed by atoms with van der Waals surface area (Å²) < 4.78 is 6.05. The summed E-state index contributed by atoms with van der Waals surface area (Å²) in [6, 6.07) is 18.7. The van der Waals surface area contributed by atoms with Crippen LogP contribution < -0.4 is 15.4 Å². The molecule has 0 spiro atoms. The molecule has 39 heavy (non-hydrogen) atoms. The molecule has 2 aliphatic rings. The molecule has 1 atom stereocenters. The number of nitrogens with two attached hydrogens (primary N) is 1. The van der Waals surface area contributed by atoms with Gasteiger partial charge in [0.25, 0.3) is 0 Å². The fraction of sp³-hybridized carbons (Fsp3) is 0.226. The van der Waals surface area contributed by atoms with E-state index in [0.29, 0.717) is 63.5 Å². The minimum atomic E-state index is -0.589. The number of allylic oxidation sites excluding steroid dienone is 3. The van der Waals surface area contributed by atoms with Gasteiger partial charge in [-0.15, -0.1) is 0 Å². The molecule has 1 unspecified atom stereocenters. The Morgan fingerprint density at radius 3 is 2.44 bits per heavy atom. The number of rotatable bonds is 5. The first-order valence-electron chi connectivity index (χ1n) is 12.6. The molecule has 1 aliphatic heterocycles. The average molecular weight is 579 g/mol. The summed E-state index contributed by atoms with van der Waals surface area (Å²) in [5, 5.41) is 11.9. The van der Waals surface area contributed by atoms with Crippen molar-refractivity contribution in [2.75, 3.05) is 4.90 Å². The van der Waals surface area contributed by atoms with Crippen molar-refractivity contribution >= 4 is 46.3 Å². The van der Waals surface area contributed by atoms with Gasteiger partial charge in [-0.3, -0.25) is 9.69 Å². The maximum absolute atomic E-state index is 13.6. The molecule has 0 fully saturated rings. The molecule has 3 aromatic carbocycles. The average Bonchev–Trinajstić information content (AvgIpc) is 2.90. The number of ketones is 1. The molecule has 0 bridgehead atoms. The maximum Gasteiger partial charge on any atom is 0.161 e. The molecule has 1 heterocycles. The first kappa shape index (κ1) is 27.1. The van der Waals surface area contributed by atoms with Crippen LogP contribution in [0.3, 0.4) is 0 Å². The molecule has 5 nitrogen and oxygen atoms in total. The lowest BCUT2D eigenvalue weighted by Crippen LogP contribution is -2.39. The van der Waals surface area contributed by atoms with Crippen LogP contribution in [-0.2, 0) is 11.4 Å². The number of benzene rings is 3. The highest BCUT2D eigenvalue weighted by molar-refractivity contribution is 6.36. The Morgan fingerprint density at radius 2 is 1.74 bits per heavy atom. The quantitative estimate of drug-likeness (QED) is 0.330. The topological polar surface area (TPSA) is 79.3 Å². The standard InChI is InChI=1S/C31H26Cl3N3O2/c1-17-12-19(16-39-22-9-6-20(32)7-10-22)18(2)23(13-17)29-24(15-35)31(36)37(26-11-8-21(33)14-25(26)34)27-4-3-5-28(38)30(27)29/h6-14,29H,3-5,16,36H2,1-2H3. The third-order valence-corrected chi connectivity index (χ3v) is 8.07. The largest absolute Gasteiger partial charge is 0.489 e. The van der Waals surface area contributed by atoms with Crippen LogP contribution >= 0.6 is 34.8 Å². The molecule has 0 radical (unpaired) electrons. The Balaban J connectivity index is 1.64. The van der Waals surface area contributed by atoms with E-state index in [2.05, 4.69) is 12.1 Å². The van der Waals surface area contributed by atoms with Gasteiger partial charge in [-0.25, -0.2) is 0 Å². The molecule has 0 saturated heterocycles. The van der Waals surface area contributed by atoms with E-state index in [9.17, 15) is 10.1 Å². The lowest BCUT2D eigenvalue weighted by Gasteiger charge is -2.40. The number of anilines is 1. The van der Waals surface area contributed by atoms with Crippen molar-refractivity contribution in [3.05, 3.63) is 115 Å². The SMILES string of the molecule is Cc1cc(COc2ccc(Cl)cc2)c(C)c(C2C(C#N)=C(N)N(c3ccc(Cl)cc3Cl)C3=C2C(=O)CCC3)c1. The summed E-state index contributed by atoms with van der Waals surface area (Å²) in [5.41, 5.74) is 12.8. The van der Waals surface area contributed by atoms with Gasteiger partial charge in [0.15, 0.2) is 5.78 Å². The van der Waals surface area contributed by atoms with Crippen LogP contribution in [0.25, 0.3) is 0 Å². The van der Waals surface area contributed by atoms with Gasteiger partial charge in [0, 0.05) is 27.7 Å². The highest BCUT2D eigenvalue weighted by Gasteiger charge is 2.41. The van der Waals surface area contributed by atoms with Gasteiger partial charge in [0.05, 0.1) is 28.3 Å². The second-order valence-corrected chi connectivity index (χ2v) is 11.1. The lowest BCUT2D eigenvalue weighted by atomic mass is 9.73. The second-order valence-electron chi connectivity index (χ2n) is 9.79. The number of ether oxygens (including phenoxy) is 1. The molecule has 8 heteroatoms. The van der Waals surface area contributed by atoms with Crippen molar-refractivity contribution in [3.8, 4) is 11.8 Å². The van der Waals surface area contributed by atoms with Crippen LogP contribution in [0.2, 0.25) is 15.1 Å². The second kappa shape index (κ2) is 11.0. The van der Waals surface area contributed by atoms with Gasteiger partial charge in [-0.1, -0.05) is 52.5 Å². The van der Waals surface area contributed by atoms with Crippen molar-refractivity contribution < 1.29 is 9.53 Å². The number of carbonyl (C=O) groups is 1. The number of hydrogen-bond acceptors (Lipinski definition) is 5. The number of hydrogen-bond donors (Lipinski definition) is 1. The summed E-state index contributed by atoms with van der Waals surface area (Å²) in [6.45, 7) is 4.31. The van der Waals surface area contributed by atoms with E-state index >= 15 is 0 Å². The van der Waals surface area contributed by atoms with Crippen LogP contribution in [-0.4, -0.2) is 5.78 Å². The minimum Gasteiger partial charge on any atom is -0.489 e. The third kappa shape index (κ3) is 5.13. The first-order valence-corrected chi connectivity index (χ1v) is 13.7. The van der Waals surface area contributed by atoms with Crippen molar-refractivity contribution in [1.29, 1.82) is 5.26 Å². The van der Waals surface area contributed by atoms with Crippen LogP contribution in [0.4, 0.5) is 5.69 Å². The normalized spacial score (nSPS) is 17.3. The number of halogens is 3. The van der Waals surface area contributed by atoms with Crippen LogP contribution in [0, 0.1) is 25.2 Å². The van der Waals surface area contributed by atoms with Crippen molar-refractivity contribution in [1.82, 2.24) is 0 Å². The number of Topliss-reactive ketones (excluding diaryl/α,β-unsaturated/α-hetero) is 1. The van der Waals surface area contributed by atoms with Gasteiger partial charge >= 0.3 is 0 Å². The summed E-state index contributed by atoms with van der Waals surface area (Å²) >= 11 is 18.7. The molecule has 0 aromatic heterocycles. The number of nitrogens with zero attached hydrogens (tertiary/aromatic N) is 2. The minimum absolute atomic E-state index is 0.0106. The molecular formula is C31H26Cl3N3O2. The van der Waals surface area contributed by atoms with Gasteiger partial charge < -0.3 is 10.5 Å². The van der Waals surface area contributed by atoms with Crippen molar-refractivity contribution in [3.63, 3.8) is 0 Å². The molecule has 3 aromatic rings. The summed E-state index contributed by atoms with van der Waals surface area (Å²) in [5.74, 6) is 0.384. The van der Waals surface area contributed by atoms with Crippen LogP contribution in [0.1, 0.15) is 47.4 Å². The van der Waals surface area contributed by atoms with E-state index in [0.717, 1.165) is 28.0 Å². The molecular weight excluding hydrogens is 553 g/mol. The van der Waals surface area contributed by atoms with Crippen molar-refractivity contribution in [2.24, 2.45) is 5.73 Å². The predicted octanol–water partition coefficient (Wildman–Crippen LogP) is 8.15. The zero-order valence-corrected chi connectivity index (χ0v) is 23.8. The predicted molar refractivity (Wildman–Crippen MR) is 156 cm³/mol. The van der Waals surface area contributed by atoms with Gasteiger partial charge in [0.1, 0.15) is 18.2 Å². The van der Waals surface area contributed by atoms with Gasteiger partial charge in [-0.2, -0.15) is 5.26 Å². The molecule has 2 N–H and O–H groups in total. The van der Waals surface area contributed by atoms with Gasteiger partial charge in [-0.05, 0) is 85.8 Å². The number of nitriles is 1. The Morgan fingerprint density at radius 1 is 1.03 bits per heavy atom. The van der Waals surface area contributed by atoms with E-state index in [1.165, 1.54) is 0 Å². The van der Waals surface area contributed by atoms with Crippen LogP contribution in [0.5, 0.6) is 5.75 Å². The molecule has 198 valence electrons. The number of aryl methyl sites for hydroxylation is 1. The van der Waals surface area contributed by atoms with E-state index in [1.54, 1.807) is 35.2 Å². The zero-order valence-electron chi connectivity index (χ0n) is 21.5. The zero-order chi connectivity index (χ0) is 27.8. The summed E-state index contributed by atoms with van der Waals surface area (Å²) in [4.78, 5) is 15.3. The Bertz CT molecular complexity index is 1590. The van der Waals surface area contributed by atoms with E-state index in [1.807, 2.05) is 32.0 Å². The van der Waals surface area contributed by atoms with Crippen molar-refractivity contribution in [2.45, 2.75) is 45.6 Å². The summed E-state index contributed by atoms with van der Waals surface area (Å²) in [6.07, 6.45) is 1.73. The van der Waals surface area contributed by atoms with Crippen LogP contribution in [0.15, 0.2) is 77.3 Å². The molecule has 0 amide bonds. The van der Waals surface area contributed by atoms with Gasteiger partial charge in [0.2, 0.25) is 0 Å². The fourth-order valence-corrected chi connectivity index (χ4v) is 6.06. The smallest absolute Gasteiger partial charge is 0.161 e. The Kier molecular flexibility index (Phi) is 7.64. The molecule has 0 saturated carbocycles. The maximum atomic E-state index is 13.6.